The molecular formula is C19H21BrN2O2. The highest BCUT2D eigenvalue weighted by Crippen LogP contribution is 2.21. The Labute approximate surface area is 151 Å². The van der Waals surface area contributed by atoms with Crippen LogP contribution in [0, 0.1) is 0 Å². The van der Waals surface area contributed by atoms with Crippen LogP contribution >= 0.6 is 15.9 Å². The van der Waals surface area contributed by atoms with Crippen LogP contribution in [0.1, 0.15) is 37.3 Å². The molecule has 0 aromatic heterocycles. The third kappa shape index (κ3) is 5.81. The van der Waals surface area contributed by atoms with Crippen LogP contribution in [0.4, 0.5) is 0 Å². The lowest BCUT2D eigenvalue weighted by molar-refractivity contribution is -0.123. The largest absolute Gasteiger partial charge is 0.484 e. The molecule has 5 heteroatoms. The molecular weight excluding hydrogens is 368 g/mol. The molecule has 0 unspecified atom stereocenters. The summed E-state index contributed by atoms with van der Waals surface area (Å²) >= 11 is 3.38. The number of nitrogens with one attached hydrogen (secondary N) is 1. The first-order valence-electron chi connectivity index (χ1n) is 7.88. The van der Waals surface area contributed by atoms with Crippen LogP contribution in [0.25, 0.3) is 0 Å². The average molecular weight is 389 g/mol. The molecule has 1 atom stereocenters. The third-order valence-corrected chi connectivity index (χ3v) is 4.18. The fourth-order valence-corrected chi connectivity index (χ4v) is 2.49. The van der Waals surface area contributed by atoms with Crippen molar-refractivity contribution in [3.63, 3.8) is 0 Å². The van der Waals surface area contributed by atoms with E-state index in [2.05, 4.69) is 40.3 Å². The number of rotatable bonds is 7. The Bertz CT molecular complexity index is 699. The van der Waals surface area contributed by atoms with Crippen molar-refractivity contribution in [1.29, 1.82) is 0 Å². The second-order valence-corrected chi connectivity index (χ2v) is 6.43. The quantitative estimate of drug-likeness (QED) is 0.560. The zero-order valence-corrected chi connectivity index (χ0v) is 15.4. The zero-order chi connectivity index (χ0) is 17.4. The molecule has 4 nitrogen and oxygen atoms in total. The van der Waals surface area contributed by atoms with Gasteiger partial charge in [0.2, 0.25) is 0 Å². The van der Waals surface area contributed by atoms with Crippen molar-refractivity contribution in [3.05, 3.63) is 64.1 Å². The Balaban J connectivity index is 1.78. The fraction of sp³-hybridized carbons (Fsp3) is 0.263. The third-order valence-electron chi connectivity index (χ3n) is 3.68. The predicted octanol–water partition coefficient (Wildman–Crippen LogP) is 4.49. The van der Waals surface area contributed by atoms with E-state index >= 15 is 0 Å². The van der Waals surface area contributed by atoms with E-state index in [0.717, 1.165) is 16.5 Å². The summed E-state index contributed by atoms with van der Waals surface area (Å²) in [6.07, 6.45) is 2.68. The molecule has 24 heavy (non-hydrogen) atoms. The lowest BCUT2D eigenvalue weighted by atomic mass is 9.99. The number of ether oxygens (including phenoxy) is 1. The van der Waals surface area contributed by atoms with Crippen molar-refractivity contribution in [2.75, 3.05) is 6.61 Å². The van der Waals surface area contributed by atoms with Gasteiger partial charge in [-0.15, -0.1) is 0 Å². The van der Waals surface area contributed by atoms with Gasteiger partial charge in [0.15, 0.2) is 6.61 Å². The van der Waals surface area contributed by atoms with Gasteiger partial charge in [0.25, 0.3) is 5.91 Å². The summed E-state index contributed by atoms with van der Waals surface area (Å²) in [5.41, 5.74) is 4.62. The first kappa shape index (κ1) is 18.2. The van der Waals surface area contributed by atoms with Crippen molar-refractivity contribution in [2.45, 2.75) is 26.2 Å². The summed E-state index contributed by atoms with van der Waals surface area (Å²) in [6, 6.07) is 15.5. The van der Waals surface area contributed by atoms with E-state index in [-0.39, 0.29) is 12.5 Å². The number of halogens is 1. The van der Waals surface area contributed by atoms with E-state index in [1.54, 1.807) is 6.21 Å². The molecule has 0 saturated carbocycles. The van der Waals surface area contributed by atoms with Crippen molar-refractivity contribution in [2.24, 2.45) is 5.10 Å². The number of hydrogen-bond donors (Lipinski definition) is 1. The molecule has 2 rings (SSSR count). The summed E-state index contributed by atoms with van der Waals surface area (Å²) in [7, 11) is 0. The van der Waals surface area contributed by atoms with Crippen LogP contribution in [0.3, 0.4) is 0 Å². The second-order valence-electron chi connectivity index (χ2n) is 5.52. The highest BCUT2D eigenvalue weighted by Gasteiger charge is 2.04. The smallest absolute Gasteiger partial charge is 0.277 e. The van der Waals surface area contributed by atoms with Gasteiger partial charge in [-0.3, -0.25) is 4.79 Å². The Kier molecular flexibility index (Phi) is 7.00. The summed E-state index contributed by atoms with van der Waals surface area (Å²) in [5, 5.41) is 3.92. The van der Waals surface area contributed by atoms with Gasteiger partial charge in [-0.2, -0.15) is 5.10 Å². The molecule has 1 amide bonds. The number of amides is 1. The van der Waals surface area contributed by atoms with Crippen LogP contribution < -0.4 is 10.2 Å². The van der Waals surface area contributed by atoms with E-state index in [9.17, 15) is 4.79 Å². The molecule has 0 saturated heterocycles. The Morgan fingerprint density at radius 2 is 2.04 bits per heavy atom. The first-order valence-corrected chi connectivity index (χ1v) is 8.68. The van der Waals surface area contributed by atoms with Gasteiger partial charge in [-0.05, 0) is 47.7 Å². The van der Waals surface area contributed by atoms with Gasteiger partial charge < -0.3 is 4.74 Å². The molecule has 0 aliphatic heterocycles. The lowest BCUT2D eigenvalue weighted by Crippen LogP contribution is -2.24. The molecule has 0 radical (unpaired) electrons. The highest BCUT2D eigenvalue weighted by atomic mass is 79.9. The maximum absolute atomic E-state index is 11.7. The number of nitrogens with zero attached hydrogens (tertiary/aromatic N) is 1. The van der Waals surface area contributed by atoms with Crippen LogP contribution in [-0.2, 0) is 4.79 Å². The van der Waals surface area contributed by atoms with Crippen LogP contribution in [0.5, 0.6) is 5.75 Å². The molecule has 2 aromatic carbocycles. The van der Waals surface area contributed by atoms with Crippen LogP contribution in [0.2, 0.25) is 0 Å². The Morgan fingerprint density at radius 1 is 1.29 bits per heavy atom. The van der Waals surface area contributed by atoms with E-state index in [1.807, 2.05) is 48.5 Å². The van der Waals surface area contributed by atoms with Gasteiger partial charge in [0.05, 0.1) is 6.21 Å². The monoisotopic (exact) mass is 388 g/mol. The molecule has 0 heterocycles. The van der Waals surface area contributed by atoms with Gasteiger partial charge in [0.1, 0.15) is 5.75 Å². The summed E-state index contributed by atoms with van der Waals surface area (Å²) < 4.78 is 6.42. The fourth-order valence-electron chi connectivity index (χ4n) is 2.08. The Morgan fingerprint density at radius 3 is 2.71 bits per heavy atom. The number of carbonyl (C=O) groups excluding carboxylic acids is 1. The summed E-state index contributed by atoms with van der Waals surface area (Å²) in [6.45, 7) is 4.28. The molecule has 0 aliphatic rings. The van der Waals surface area contributed by atoms with E-state index < -0.39 is 0 Å². The predicted molar refractivity (Wildman–Crippen MR) is 101 cm³/mol. The standard InChI is InChI=1S/C19H21BrN2O2/c1-3-14(2)16-7-9-18(10-8-16)24-13-19(23)22-21-12-15-5-4-6-17(20)11-15/h4-12,14H,3,13H2,1-2H3,(H,22,23)/b21-12-/t14-/m1/s1. The molecule has 0 bridgehead atoms. The van der Waals surface area contributed by atoms with Gasteiger partial charge in [-0.25, -0.2) is 5.43 Å². The number of hydrogen-bond acceptors (Lipinski definition) is 3. The average Bonchev–Trinajstić information content (AvgIpc) is 2.60. The zero-order valence-electron chi connectivity index (χ0n) is 13.8. The van der Waals surface area contributed by atoms with Crippen molar-refractivity contribution >= 4 is 28.1 Å². The minimum atomic E-state index is -0.299. The van der Waals surface area contributed by atoms with Crippen LogP contribution in [-0.4, -0.2) is 18.7 Å². The van der Waals surface area contributed by atoms with E-state index in [1.165, 1.54) is 5.56 Å². The Hall–Kier alpha value is -2.14. The van der Waals surface area contributed by atoms with E-state index in [0.29, 0.717) is 11.7 Å². The molecule has 0 fully saturated rings. The maximum atomic E-state index is 11.7. The van der Waals surface area contributed by atoms with E-state index in [4.69, 9.17) is 4.74 Å². The van der Waals surface area contributed by atoms with Crippen molar-refractivity contribution in [1.82, 2.24) is 5.43 Å². The number of benzene rings is 2. The first-order chi connectivity index (χ1) is 11.6. The lowest BCUT2D eigenvalue weighted by Gasteiger charge is -2.10. The van der Waals surface area contributed by atoms with Gasteiger partial charge in [-0.1, -0.05) is 54.0 Å². The maximum Gasteiger partial charge on any atom is 0.277 e. The number of carbonyl (C=O) groups is 1. The van der Waals surface area contributed by atoms with Gasteiger partial charge >= 0.3 is 0 Å². The number of hydrazone groups is 1. The highest BCUT2D eigenvalue weighted by molar-refractivity contribution is 9.10. The summed E-state index contributed by atoms with van der Waals surface area (Å²) in [4.78, 5) is 11.7. The van der Waals surface area contributed by atoms with Crippen molar-refractivity contribution in [3.8, 4) is 5.75 Å². The topological polar surface area (TPSA) is 50.7 Å². The molecule has 1 N–H and O–H groups in total. The second kappa shape index (κ2) is 9.23. The molecule has 0 spiro atoms. The normalized spacial score (nSPS) is 12.1. The SMILES string of the molecule is CC[C@@H](C)c1ccc(OCC(=O)N/N=C\c2cccc(Br)c2)cc1. The van der Waals surface area contributed by atoms with Gasteiger partial charge in [0, 0.05) is 4.47 Å². The van der Waals surface area contributed by atoms with Crippen molar-refractivity contribution < 1.29 is 9.53 Å². The molecule has 0 aliphatic carbocycles. The molecule has 2 aromatic rings. The minimum absolute atomic E-state index is 0.0709. The summed E-state index contributed by atoms with van der Waals surface area (Å²) in [5.74, 6) is 0.898. The molecule has 126 valence electrons. The minimum Gasteiger partial charge on any atom is -0.484 e. The van der Waals surface area contributed by atoms with Crippen LogP contribution in [0.15, 0.2) is 58.1 Å².